The van der Waals surface area contributed by atoms with Crippen LogP contribution in [0, 0.1) is 0 Å². The Labute approximate surface area is 152 Å². The molecule has 1 aromatic carbocycles. The average molecular weight is 369 g/mol. The van der Waals surface area contributed by atoms with Gasteiger partial charge in [-0.1, -0.05) is 24.3 Å². The summed E-state index contributed by atoms with van der Waals surface area (Å²) in [6, 6.07) is 16.9. The van der Waals surface area contributed by atoms with Crippen LogP contribution in [-0.2, 0) is 10.2 Å². The van der Waals surface area contributed by atoms with Crippen LogP contribution in [-0.4, -0.2) is 48.9 Å². The molecule has 0 atom stereocenters. The van der Waals surface area contributed by atoms with Gasteiger partial charge in [0.2, 0.25) is 0 Å². The number of benzene rings is 1. The molecule has 1 fully saturated rings. The summed E-state index contributed by atoms with van der Waals surface area (Å²) in [6.45, 7) is 2.01. The molecule has 3 aromatic rings. The second-order valence-electron chi connectivity index (χ2n) is 6.07. The van der Waals surface area contributed by atoms with Crippen molar-refractivity contribution in [1.29, 1.82) is 0 Å². The molecule has 0 radical (unpaired) electrons. The molecule has 8 heteroatoms. The van der Waals surface area contributed by atoms with Gasteiger partial charge >= 0.3 is 10.2 Å². The molecule has 1 aliphatic heterocycles. The Kier molecular flexibility index (Phi) is 4.44. The highest BCUT2D eigenvalue weighted by molar-refractivity contribution is 7.90. The first-order valence-corrected chi connectivity index (χ1v) is 9.85. The van der Waals surface area contributed by atoms with Crippen LogP contribution in [0.25, 0.3) is 10.9 Å². The quantitative estimate of drug-likeness (QED) is 0.762. The first-order chi connectivity index (χ1) is 12.6. The van der Waals surface area contributed by atoms with Gasteiger partial charge < -0.3 is 4.90 Å². The summed E-state index contributed by atoms with van der Waals surface area (Å²) in [5.74, 6) is 1.20. The number of anilines is 2. The van der Waals surface area contributed by atoms with Gasteiger partial charge in [-0.25, -0.2) is 9.97 Å². The van der Waals surface area contributed by atoms with Crippen molar-refractivity contribution < 1.29 is 8.42 Å². The van der Waals surface area contributed by atoms with E-state index in [0.717, 1.165) is 16.7 Å². The number of pyridine rings is 2. The highest BCUT2D eigenvalue weighted by Gasteiger charge is 2.27. The number of aromatic nitrogens is 2. The van der Waals surface area contributed by atoms with Crippen LogP contribution in [0.5, 0.6) is 0 Å². The molecule has 0 amide bonds. The molecule has 2 aromatic heterocycles. The predicted molar refractivity (Wildman–Crippen MR) is 102 cm³/mol. The number of piperazine rings is 1. The van der Waals surface area contributed by atoms with E-state index < -0.39 is 10.2 Å². The number of rotatable bonds is 4. The van der Waals surface area contributed by atoms with Crippen molar-refractivity contribution in [2.75, 3.05) is 35.8 Å². The fourth-order valence-electron chi connectivity index (χ4n) is 3.02. The Balaban J connectivity index is 1.45. The lowest BCUT2D eigenvalue weighted by Gasteiger charge is -2.34. The van der Waals surface area contributed by atoms with Gasteiger partial charge in [0.1, 0.15) is 11.6 Å². The van der Waals surface area contributed by atoms with Gasteiger partial charge in [0.05, 0.1) is 5.52 Å². The van der Waals surface area contributed by atoms with E-state index in [4.69, 9.17) is 0 Å². The highest BCUT2D eigenvalue weighted by atomic mass is 32.2. The second-order valence-corrected chi connectivity index (χ2v) is 7.74. The van der Waals surface area contributed by atoms with Crippen LogP contribution in [0.3, 0.4) is 0 Å². The Morgan fingerprint density at radius 1 is 0.885 bits per heavy atom. The van der Waals surface area contributed by atoms with Gasteiger partial charge in [-0.05, 0) is 30.3 Å². The SMILES string of the molecule is O=S(=O)(Nc1ccc2ccccc2n1)N1CCN(c2ccccn2)CC1. The monoisotopic (exact) mass is 369 g/mol. The van der Waals surface area contributed by atoms with E-state index in [9.17, 15) is 8.42 Å². The topological polar surface area (TPSA) is 78.4 Å². The van der Waals surface area contributed by atoms with Crippen LogP contribution in [0.2, 0.25) is 0 Å². The van der Waals surface area contributed by atoms with Crippen molar-refractivity contribution in [3.63, 3.8) is 0 Å². The normalized spacial score (nSPS) is 15.9. The van der Waals surface area contributed by atoms with Crippen molar-refractivity contribution in [3.05, 3.63) is 60.8 Å². The maximum Gasteiger partial charge on any atom is 0.302 e. The summed E-state index contributed by atoms with van der Waals surface area (Å²) in [4.78, 5) is 10.8. The minimum absolute atomic E-state index is 0.329. The van der Waals surface area contributed by atoms with Crippen LogP contribution in [0.15, 0.2) is 60.8 Å². The zero-order valence-corrected chi connectivity index (χ0v) is 14.9. The fraction of sp³-hybridized carbons (Fsp3) is 0.222. The zero-order valence-electron chi connectivity index (χ0n) is 14.1. The first-order valence-electron chi connectivity index (χ1n) is 8.41. The van der Waals surface area contributed by atoms with Gasteiger partial charge in [0.25, 0.3) is 0 Å². The summed E-state index contributed by atoms with van der Waals surface area (Å²) in [5, 5.41) is 0.972. The number of nitrogens with zero attached hydrogens (tertiary/aromatic N) is 4. The summed E-state index contributed by atoms with van der Waals surface area (Å²) in [6.07, 6.45) is 1.74. The van der Waals surface area contributed by atoms with Gasteiger partial charge in [0, 0.05) is 37.8 Å². The van der Waals surface area contributed by atoms with E-state index in [0.29, 0.717) is 32.0 Å². The lowest BCUT2D eigenvalue weighted by molar-refractivity contribution is 0.386. The largest absolute Gasteiger partial charge is 0.354 e. The fourth-order valence-corrected chi connectivity index (χ4v) is 4.17. The summed E-state index contributed by atoms with van der Waals surface area (Å²) >= 11 is 0. The van der Waals surface area contributed by atoms with Crippen molar-refractivity contribution >= 4 is 32.7 Å². The van der Waals surface area contributed by atoms with E-state index in [-0.39, 0.29) is 0 Å². The standard InChI is InChI=1S/C18H19N5O2S/c24-26(25,21-17-9-8-15-5-1-2-6-16(15)20-17)23-13-11-22(12-14-23)18-7-3-4-10-19-18/h1-10H,11-14H2,(H,20,21). The third-order valence-electron chi connectivity index (χ3n) is 4.38. The minimum atomic E-state index is -3.64. The summed E-state index contributed by atoms with van der Waals surface area (Å²) < 4.78 is 29.4. The Morgan fingerprint density at radius 3 is 2.42 bits per heavy atom. The molecule has 1 aliphatic rings. The zero-order chi connectivity index (χ0) is 18.0. The van der Waals surface area contributed by atoms with Crippen molar-refractivity contribution in [1.82, 2.24) is 14.3 Å². The molecule has 26 heavy (non-hydrogen) atoms. The van der Waals surface area contributed by atoms with Gasteiger partial charge in [-0.3, -0.25) is 4.72 Å². The third-order valence-corrected chi connectivity index (χ3v) is 5.90. The second kappa shape index (κ2) is 6.89. The maximum absolute atomic E-state index is 12.7. The molecule has 4 rings (SSSR count). The lowest BCUT2D eigenvalue weighted by atomic mass is 10.2. The molecule has 3 heterocycles. The van der Waals surface area contributed by atoms with Gasteiger partial charge in [-0.2, -0.15) is 12.7 Å². The molecule has 0 aliphatic carbocycles. The smallest absolute Gasteiger partial charge is 0.302 e. The van der Waals surface area contributed by atoms with Gasteiger partial charge in [0.15, 0.2) is 0 Å². The number of para-hydroxylation sites is 1. The first kappa shape index (κ1) is 16.7. The molecule has 0 saturated carbocycles. The Hall–Kier alpha value is -2.71. The lowest BCUT2D eigenvalue weighted by Crippen LogP contribution is -2.50. The number of fused-ring (bicyclic) bond motifs is 1. The van der Waals surface area contributed by atoms with Crippen LogP contribution < -0.4 is 9.62 Å². The maximum atomic E-state index is 12.7. The molecule has 0 spiro atoms. The number of hydrogen-bond donors (Lipinski definition) is 1. The molecule has 134 valence electrons. The van der Waals surface area contributed by atoms with E-state index in [1.807, 2.05) is 48.5 Å². The Bertz CT molecular complexity index is 1000. The van der Waals surface area contributed by atoms with E-state index in [2.05, 4.69) is 19.6 Å². The van der Waals surface area contributed by atoms with E-state index >= 15 is 0 Å². The van der Waals surface area contributed by atoms with Crippen LogP contribution >= 0.6 is 0 Å². The van der Waals surface area contributed by atoms with Crippen molar-refractivity contribution in [3.8, 4) is 0 Å². The predicted octanol–water partition coefficient (Wildman–Crippen LogP) is 2.11. The van der Waals surface area contributed by atoms with Crippen molar-refractivity contribution in [2.24, 2.45) is 0 Å². The molecule has 0 bridgehead atoms. The molecule has 1 N–H and O–H groups in total. The number of nitrogens with one attached hydrogen (secondary N) is 1. The van der Waals surface area contributed by atoms with E-state index in [1.165, 1.54) is 4.31 Å². The van der Waals surface area contributed by atoms with E-state index in [1.54, 1.807) is 12.3 Å². The molecule has 0 unspecified atom stereocenters. The highest BCUT2D eigenvalue weighted by Crippen LogP contribution is 2.18. The van der Waals surface area contributed by atoms with Gasteiger partial charge in [-0.15, -0.1) is 0 Å². The summed E-state index contributed by atoms with van der Waals surface area (Å²) in [7, 11) is -3.64. The minimum Gasteiger partial charge on any atom is -0.354 e. The summed E-state index contributed by atoms with van der Waals surface area (Å²) in [5.41, 5.74) is 0.757. The third kappa shape index (κ3) is 3.47. The molecular formula is C18H19N5O2S. The number of hydrogen-bond acceptors (Lipinski definition) is 5. The van der Waals surface area contributed by atoms with Crippen LogP contribution in [0.1, 0.15) is 0 Å². The Morgan fingerprint density at radius 2 is 1.65 bits per heavy atom. The molecule has 1 saturated heterocycles. The van der Waals surface area contributed by atoms with Crippen molar-refractivity contribution in [2.45, 2.75) is 0 Å². The average Bonchev–Trinajstić information content (AvgIpc) is 2.68. The van der Waals surface area contributed by atoms with Crippen LogP contribution in [0.4, 0.5) is 11.6 Å². The molecular weight excluding hydrogens is 350 g/mol. The molecule has 7 nitrogen and oxygen atoms in total.